The van der Waals surface area contributed by atoms with Crippen LogP contribution in [0.4, 0.5) is 24.9 Å². The molecule has 1 heterocycles. The Kier molecular flexibility index (Phi) is 3.74. The van der Waals surface area contributed by atoms with Gasteiger partial charge in [-0.2, -0.15) is 18.2 Å². The summed E-state index contributed by atoms with van der Waals surface area (Å²) in [5.41, 5.74) is 12.3. The third kappa shape index (κ3) is 3.06. The number of aromatic nitrogens is 2. The Morgan fingerprint density at radius 3 is 2.46 bits per heavy atom. The van der Waals surface area contributed by atoms with Crippen molar-refractivity contribution in [2.45, 2.75) is 31.4 Å². The highest BCUT2D eigenvalue weighted by molar-refractivity contribution is 5.66. The van der Waals surface area contributed by atoms with Crippen molar-refractivity contribution in [3.05, 3.63) is 52.7 Å². The molecule has 1 fully saturated rings. The normalized spacial score (nSPS) is 16.5. The fraction of sp³-hybridized carbons (Fsp3) is 0.294. The first-order valence-electron chi connectivity index (χ1n) is 7.48. The predicted octanol–water partition coefficient (Wildman–Crippen LogP) is 3.71. The van der Waals surface area contributed by atoms with Gasteiger partial charge in [-0.3, -0.25) is 0 Å². The van der Waals surface area contributed by atoms with E-state index in [1.807, 2.05) is 6.08 Å². The molecule has 0 spiro atoms. The number of nitrogens with two attached hydrogens (primary N) is 2. The molecule has 1 aliphatic rings. The van der Waals surface area contributed by atoms with Gasteiger partial charge < -0.3 is 11.5 Å². The molecule has 4 N–H and O–H groups in total. The standard InChI is InChI=1S/C17H17F3N4/c1-10-13(14(21)24-15(22)23-10)5-6-16(7-8-16)11-3-2-4-12(9-11)17(18,19)20/h2-6,9H,7-8H2,1H3,(H4,21,22,23,24). The van der Waals surface area contributed by atoms with Crippen LogP contribution in [0.2, 0.25) is 0 Å². The van der Waals surface area contributed by atoms with Crippen LogP contribution in [0.5, 0.6) is 0 Å². The third-order valence-electron chi connectivity index (χ3n) is 4.31. The predicted molar refractivity (Wildman–Crippen MR) is 87.0 cm³/mol. The number of alkyl halides is 3. The maximum Gasteiger partial charge on any atom is 0.416 e. The zero-order valence-corrected chi connectivity index (χ0v) is 13.1. The number of aryl methyl sites for hydroxylation is 1. The van der Waals surface area contributed by atoms with Crippen LogP contribution in [-0.4, -0.2) is 9.97 Å². The molecule has 0 radical (unpaired) electrons. The second kappa shape index (κ2) is 5.51. The van der Waals surface area contributed by atoms with Gasteiger partial charge in [0.1, 0.15) is 5.82 Å². The van der Waals surface area contributed by atoms with E-state index in [1.54, 1.807) is 19.1 Å². The summed E-state index contributed by atoms with van der Waals surface area (Å²) < 4.78 is 38.7. The van der Waals surface area contributed by atoms with Gasteiger partial charge in [0.15, 0.2) is 0 Å². The van der Waals surface area contributed by atoms with E-state index in [4.69, 9.17) is 11.5 Å². The highest BCUT2D eigenvalue weighted by atomic mass is 19.4. The average molecular weight is 334 g/mol. The van der Waals surface area contributed by atoms with Crippen LogP contribution in [0.3, 0.4) is 0 Å². The van der Waals surface area contributed by atoms with Crippen LogP contribution >= 0.6 is 0 Å². The van der Waals surface area contributed by atoms with Gasteiger partial charge in [-0.25, -0.2) is 4.98 Å². The maximum atomic E-state index is 12.9. The number of hydrogen-bond acceptors (Lipinski definition) is 4. The lowest BCUT2D eigenvalue weighted by molar-refractivity contribution is -0.137. The van der Waals surface area contributed by atoms with Gasteiger partial charge >= 0.3 is 6.18 Å². The number of anilines is 2. The van der Waals surface area contributed by atoms with E-state index in [-0.39, 0.29) is 17.2 Å². The van der Waals surface area contributed by atoms with E-state index in [0.717, 1.165) is 18.9 Å². The van der Waals surface area contributed by atoms with Crippen LogP contribution in [-0.2, 0) is 11.6 Å². The zero-order chi connectivity index (χ0) is 17.5. The van der Waals surface area contributed by atoms with E-state index in [0.29, 0.717) is 16.8 Å². The SMILES string of the molecule is Cc1nc(N)nc(N)c1C=CC1(c2cccc(C(F)(F)F)c2)CC1. The van der Waals surface area contributed by atoms with Crippen molar-refractivity contribution < 1.29 is 13.2 Å². The molecule has 1 aliphatic carbocycles. The molecule has 24 heavy (non-hydrogen) atoms. The van der Waals surface area contributed by atoms with E-state index >= 15 is 0 Å². The van der Waals surface area contributed by atoms with E-state index in [9.17, 15) is 13.2 Å². The number of hydrogen-bond donors (Lipinski definition) is 2. The first-order chi connectivity index (χ1) is 11.2. The highest BCUT2D eigenvalue weighted by Gasteiger charge is 2.43. The van der Waals surface area contributed by atoms with Crippen LogP contribution < -0.4 is 11.5 Å². The fourth-order valence-corrected chi connectivity index (χ4v) is 2.77. The Bertz CT molecular complexity index is 785. The lowest BCUT2D eigenvalue weighted by Gasteiger charge is -2.14. The van der Waals surface area contributed by atoms with Crippen molar-refractivity contribution in [1.82, 2.24) is 9.97 Å². The molecule has 3 rings (SSSR count). The Morgan fingerprint density at radius 1 is 1.17 bits per heavy atom. The van der Waals surface area contributed by atoms with E-state index in [1.165, 1.54) is 12.1 Å². The Morgan fingerprint density at radius 2 is 1.88 bits per heavy atom. The van der Waals surface area contributed by atoms with E-state index in [2.05, 4.69) is 9.97 Å². The lowest BCUT2D eigenvalue weighted by Crippen LogP contribution is -2.09. The number of nitrogen functional groups attached to an aromatic ring is 2. The molecule has 126 valence electrons. The summed E-state index contributed by atoms with van der Waals surface area (Å²) in [6, 6.07) is 5.46. The Balaban J connectivity index is 1.93. The minimum absolute atomic E-state index is 0.0983. The molecule has 1 aromatic heterocycles. The molecule has 0 saturated heterocycles. The minimum atomic E-state index is -4.35. The number of benzene rings is 1. The van der Waals surface area contributed by atoms with Crippen molar-refractivity contribution in [2.24, 2.45) is 0 Å². The molecule has 2 aromatic rings. The monoisotopic (exact) mass is 334 g/mol. The summed E-state index contributed by atoms with van der Waals surface area (Å²) in [6.07, 6.45) is 0.902. The average Bonchev–Trinajstić information content (AvgIpc) is 3.26. The van der Waals surface area contributed by atoms with Crippen molar-refractivity contribution in [1.29, 1.82) is 0 Å². The smallest absolute Gasteiger partial charge is 0.383 e. The second-order valence-corrected chi connectivity index (χ2v) is 6.03. The van der Waals surface area contributed by atoms with Crippen molar-refractivity contribution >= 4 is 17.8 Å². The second-order valence-electron chi connectivity index (χ2n) is 6.03. The number of rotatable bonds is 3. The van der Waals surface area contributed by atoms with Crippen LogP contribution in [0.25, 0.3) is 6.08 Å². The highest BCUT2D eigenvalue weighted by Crippen LogP contribution is 2.50. The van der Waals surface area contributed by atoms with Gasteiger partial charge in [0.25, 0.3) is 0 Å². The topological polar surface area (TPSA) is 77.8 Å². The quantitative estimate of drug-likeness (QED) is 0.897. The fourth-order valence-electron chi connectivity index (χ4n) is 2.77. The van der Waals surface area contributed by atoms with Crippen LogP contribution in [0.15, 0.2) is 30.3 Å². The van der Waals surface area contributed by atoms with Crippen molar-refractivity contribution in [3.8, 4) is 0 Å². The summed E-state index contributed by atoms with van der Waals surface area (Å²) in [5.74, 6) is 0.359. The molecule has 1 aromatic carbocycles. The number of halogens is 3. The van der Waals surface area contributed by atoms with Gasteiger partial charge in [0.05, 0.1) is 11.3 Å². The molecule has 0 bridgehead atoms. The summed E-state index contributed by atoms with van der Waals surface area (Å²) in [5, 5.41) is 0. The van der Waals surface area contributed by atoms with E-state index < -0.39 is 11.7 Å². The molecule has 0 amide bonds. The Hall–Kier alpha value is -2.57. The molecule has 0 aliphatic heterocycles. The lowest BCUT2D eigenvalue weighted by atomic mass is 9.93. The van der Waals surface area contributed by atoms with Gasteiger partial charge in [-0.1, -0.05) is 30.4 Å². The number of nitrogens with zero attached hydrogens (tertiary/aromatic N) is 2. The van der Waals surface area contributed by atoms with Crippen LogP contribution in [0, 0.1) is 6.92 Å². The summed E-state index contributed by atoms with van der Waals surface area (Å²) in [6.45, 7) is 1.76. The van der Waals surface area contributed by atoms with Gasteiger partial charge in [-0.05, 0) is 31.4 Å². The molecule has 4 nitrogen and oxygen atoms in total. The summed E-state index contributed by atoms with van der Waals surface area (Å²) in [7, 11) is 0. The maximum absolute atomic E-state index is 12.9. The molecule has 1 saturated carbocycles. The van der Waals surface area contributed by atoms with Gasteiger partial charge in [-0.15, -0.1) is 0 Å². The molecule has 0 unspecified atom stereocenters. The summed E-state index contributed by atoms with van der Waals surface area (Å²) in [4.78, 5) is 7.98. The van der Waals surface area contributed by atoms with Gasteiger partial charge in [0.2, 0.25) is 5.95 Å². The van der Waals surface area contributed by atoms with Gasteiger partial charge in [0, 0.05) is 11.0 Å². The van der Waals surface area contributed by atoms with Crippen molar-refractivity contribution in [2.75, 3.05) is 11.5 Å². The molecular weight excluding hydrogens is 317 g/mol. The molecule has 7 heteroatoms. The summed E-state index contributed by atoms with van der Waals surface area (Å²) >= 11 is 0. The first kappa shape index (κ1) is 16.3. The first-order valence-corrected chi connectivity index (χ1v) is 7.48. The Labute approximate surface area is 137 Å². The largest absolute Gasteiger partial charge is 0.416 e. The minimum Gasteiger partial charge on any atom is -0.383 e. The molecule has 0 atom stereocenters. The molecular formula is C17H17F3N4. The number of allylic oxidation sites excluding steroid dienone is 1. The van der Waals surface area contributed by atoms with Crippen molar-refractivity contribution in [3.63, 3.8) is 0 Å². The zero-order valence-electron chi connectivity index (χ0n) is 13.1. The third-order valence-corrected chi connectivity index (χ3v) is 4.31. The van der Waals surface area contributed by atoms with Crippen LogP contribution in [0.1, 0.15) is 35.2 Å².